The zero-order valence-electron chi connectivity index (χ0n) is 32.7. The Labute approximate surface area is 313 Å². The van der Waals surface area contributed by atoms with Crippen LogP contribution in [-0.4, -0.2) is 87.6 Å². The lowest BCUT2D eigenvalue weighted by Crippen LogP contribution is -2.37. The van der Waals surface area contributed by atoms with Gasteiger partial charge < -0.3 is 28.9 Å². The Balaban J connectivity index is 2.33. The molecule has 0 aliphatic rings. The number of alkyl carbamates (subject to hydrolysis) is 1. The van der Waals surface area contributed by atoms with Gasteiger partial charge in [0, 0.05) is 19.4 Å². The monoisotopic (exact) mass is 757 g/mol. The van der Waals surface area contributed by atoms with Crippen molar-refractivity contribution in [3.8, 4) is 0 Å². The average Bonchev–Trinajstić information content (AvgIpc) is 3.09. The number of amides is 1. The predicted molar refractivity (Wildman–Crippen MR) is 203 cm³/mol. The van der Waals surface area contributed by atoms with E-state index < -0.39 is 38.6 Å². The number of carbonyl (C=O) groups excluding carboxylic acids is 3. The molecular weight excluding hydrogens is 687 g/mol. The maximum atomic E-state index is 12.6. The first kappa shape index (κ1) is 47.5. The van der Waals surface area contributed by atoms with Gasteiger partial charge in [0.25, 0.3) is 0 Å². The zero-order chi connectivity index (χ0) is 38.3. The Morgan fingerprint density at radius 1 is 0.712 bits per heavy atom. The van der Waals surface area contributed by atoms with E-state index in [0.717, 1.165) is 24.8 Å². The molecule has 0 aliphatic carbocycles. The second-order valence-corrected chi connectivity index (χ2v) is 16.0. The van der Waals surface area contributed by atoms with E-state index in [9.17, 15) is 23.8 Å². The van der Waals surface area contributed by atoms with Crippen LogP contribution in [0.2, 0.25) is 0 Å². The number of rotatable bonds is 33. The van der Waals surface area contributed by atoms with Crippen LogP contribution in [0.3, 0.4) is 0 Å². The molecule has 300 valence electrons. The van der Waals surface area contributed by atoms with E-state index in [1.165, 1.54) is 70.6 Å². The molecule has 1 unspecified atom stereocenters. The average molecular weight is 758 g/mol. The van der Waals surface area contributed by atoms with Crippen LogP contribution < -0.4 is 5.32 Å². The molecule has 0 saturated carbocycles. The van der Waals surface area contributed by atoms with E-state index in [1.807, 2.05) is 51.5 Å². The maximum absolute atomic E-state index is 12.6. The molecule has 0 aromatic heterocycles. The fraction of sp³-hybridized carbons (Fsp3) is 0.769. The zero-order valence-corrected chi connectivity index (χ0v) is 33.6. The van der Waals surface area contributed by atoms with Gasteiger partial charge in [-0.3, -0.25) is 18.6 Å². The summed E-state index contributed by atoms with van der Waals surface area (Å²) < 4.78 is 39.1. The third-order valence-electron chi connectivity index (χ3n) is 8.44. The number of phosphoric ester groups is 1. The highest BCUT2D eigenvalue weighted by atomic mass is 31.2. The molecule has 0 fully saturated rings. The SMILES string of the molecule is CCCCCCCCCCCCCCCCCC(=O)OC[C@H](COP(=O)(O)OCC[N+](C)(C)C)OC(=O)CCCCNC(=O)OCc1ccccc1. The number of unbranched alkanes of at least 4 members (excludes halogenated alkanes) is 15. The molecule has 0 aliphatic heterocycles. The van der Waals surface area contributed by atoms with Crippen molar-refractivity contribution in [2.24, 2.45) is 0 Å². The first-order valence-electron chi connectivity index (χ1n) is 19.6. The molecular formula is C39H70N2O10P+. The standard InChI is InChI=1S/C39H69N2O10P/c1-5-6-7-8-9-10-11-12-13-14-15-16-17-18-22-27-37(42)47-33-36(34-50-52(45,46)49-31-30-41(2,3)4)51-38(43)28-23-24-29-40-39(44)48-32-35-25-20-19-21-26-35/h19-21,25-26,36H,5-18,22-24,27-34H2,1-4H3,(H-,40,44,45,46)/p+1/t36-/m1/s1. The lowest BCUT2D eigenvalue weighted by atomic mass is 10.0. The molecule has 1 amide bonds. The highest BCUT2D eigenvalue weighted by Gasteiger charge is 2.27. The summed E-state index contributed by atoms with van der Waals surface area (Å²) in [7, 11) is 1.33. The Kier molecular flexibility index (Phi) is 27.3. The minimum atomic E-state index is -4.43. The van der Waals surface area contributed by atoms with Gasteiger partial charge in [-0.25, -0.2) is 9.36 Å². The molecule has 1 aromatic carbocycles. The first-order valence-corrected chi connectivity index (χ1v) is 21.1. The van der Waals surface area contributed by atoms with Gasteiger partial charge in [0.2, 0.25) is 0 Å². The van der Waals surface area contributed by atoms with Gasteiger partial charge in [0.15, 0.2) is 6.10 Å². The maximum Gasteiger partial charge on any atom is 0.472 e. The van der Waals surface area contributed by atoms with Crippen molar-refractivity contribution in [3.05, 3.63) is 35.9 Å². The van der Waals surface area contributed by atoms with Crippen LogP contribution in [-0.2, 0) is 44.0 Å². The van der Waals surface area contributed by atoms with Gasteiger partial charge in [-0.1, -0.05) is 127 Å². The minimum absolute atomic E-state index is 0.0101. The van der Waals surface area contributed by atoms with Crippen LogP contribution in [0.25, 0.3) is 0 Å². The molecule has 12 nitrogen and oxygen atoms in total. The topological polar surface area (TPSA) is 147 Å². The molecule has 52 heavy (non-hydrogen) atoms. The molecule has 13 heteroatoms. The van der Waals surface area contributed by atoms with Crippen molar-refractivity contribution in [3.63, 3.8) is 0 Å². The summed E-state index contributed by atoms with van der Waals surface area (Å²) in [5.41, 5.74) is 0.878. The third-order valence-corrected chi connectivity index (χ3v) is 9.43. The van der Waals surface area contributed by atoms with Gasteiger partial charge in [-0.15, -0.1) is 0 Å². The molecule has 0 heterocycles. The summed E-state index contributed by atoms with van der Waals surface area (Å²) in [5, 5.41) is 2.65. The van der Waals surface area contributed by atoms with E-state index >= 15 is 0 Å². The van der Waals surface area contributed by atoms with Crippen molar-refractivity contribution in [1.82, 2.24) is 5.32 Å². The summed E-state index contributed by atoms with van der Waals surface area (Å²) >= 11 is 0. The Hall–Kier alpha value is -2.50. The molecule has 0 spiro atoms. The molecule has 0 radical (unpaired) electrons. The number of phosphoric acid groups is 1. The number of likely N-dealkylation sites (N-methyl/N-ethyl adjacent to an activating group) is 1. The smallest absolute Gasteiger partial charge is 0.462 e. The highest BCUT2D eigenvalue weighted by molar-refractivity contribution is 7.47. The van der Waals surface area contributed by atoms with Crippen LogP contribution in [0.5, 0.6) is 0 Å². The van der Waals surface area contributed by atoms with Crippen LogP contribution in [0, 0.1) is 0 Å². The summed E-state index contributed by atoms with van der Waals surface area (Å²) in [5.74, 6) is -1.01. The number of hydrogen-bond acceptors (Lipinski definition) is 9. The van der Waals surface area contributed by atoms with Crippen molar-refractivity contribution in [1.29, 1.82) is 0 Å². The van der Waals surface area contributed by atoms with Gasteiger partial charge in [-0.2, -0.15) is 0 Å². The normalized spacial score (nSPS) is 13.2. The lowest BCUT2D eigenvalue weighted by Gasteiger charge is -2.24. The Morgan fingerprint density at radius 2 is 1.25 bits per heavy atom. The van der Waals surface area contributed by atoms with E-state index in [4.69, 9.17) is 23.3 Å². The third kappa shape index (κ3) is 30.0. The molecule has 0 saturated heterocycles. The number of ether oxygens (including phenoxy) is 3. The number of hydrogen-bond donors (Lipinski definition) is 2. The van der Waals surface area contributed by atoms with Gasteiger partial charge in [0.1, 0.15) is 26.4 Å². The molecule has 2 N–H and O–H groups in total. The van der Waals surface area contributed by atoms with Crippen LogP contribution >= 0.6 is 7.82 Å². The number of nitrogens with one attached hydrogen (secondary N) is 1. The molecule has 1 aromatic rings. The Morgan fingerprint density at radius 3 is 1.83 bits per heavy atom. The van der Waals surface area contributed by atoms with Crippen LogP contribution in [0.1, 0.15) is 134 Å². The molecule has 0 bridgehead atoms. The summed E-state index contributed by atoms with van der Waals surface area (Å²) in [6.07, 6.45) is 18.0. The quantitative estimate of drug-likeness (QED) is 0.0235. The number of esters is 2. The number of quaternary nitrogens is 1. The number of carbonyl (C=O) groups is 3. The highest BCUT2D eigenvalue weighted by Crippen LogP contribution is 2.43. The van der Waals surface area contributed by atoms with E-state index in [1.54, 1.807) is 0 Å². The van der Waals surface area contributed by atoms with Crippen LogP contribution in [0.15, 0.2) is 30.3 Å². The fourth-order valence-electron chi connectivity index (χ4n) is 5.26. The second-order valence-electron chi connectivity index (χ2n) is 14.6. The van der Waals surface area contributed by atoms with E-state index in [2.05, 4.69) is 12.2 Å². The van der Waals surface area contributed by atoms with Gasteiger partial charge in [0.05, 0.1) is 27.7 Å². The lowest BCUT2D eigenvalue weighted by molar-refractivity contribution is -0.870. The van der Waals surface area contributed by atoms with Crippen LogP contribution in [0.4, 0.5) is 4.79 Å². The predicted octanol–water partition coefficient (Wildman–Crippen LogP) is 8.64. The Bertz CT molecular complexity index is 1120. The second kappa shape index (κ2) is 29.9. The van der Waals surface area contributed by atoms with Gasteiger partial charge >= 0.3 is 25.9 Å². The summed E-state index contributed by atoms with van der Waals surface area (Å²) in [6.45, 7) is 2.39. The molecule has 2 atom stereocenters. The van der Waals surface area contributed by atoms with E-state index in [0.29, 0.717) is 36.8 Å². The van der Waals surface area contributed by atoms with Gasteiger partial charge in [-0.05, 0) is 24.8 Å². The first-order chi connectivity index (χ1) is 24.9. The van der Waals surface area contributed by atoms with E-state index in [-0.39, 0.29) is 32.7 Å². The fourth-order valence-corrected chi connectivity index (χ4v) is 6.00. The van der Waals surface area contributed by atoms with Crippen molar-refractivity contribution in [2.75, 3.05) is 54.1 Å². The summed E-state index contributed by atoms with van der Waals surface area (Å²) in [6, 6.07) is 9.33. The summed E-state index contributed by atoms with van der Waals surface area (Å²) in [4.78, 5) is 47.1. The minimum Gasteiger partial charge on any atom is -0.462 e. The number of benzene rings is 1. The number of nitrogens with zero attached hydrogens (tertiary/aromatic N) is 1. The van der Waals surface area contributed by atoms with Crippen molar-refractivity contribution >= 4 is 25.9 Å². The van der Waals surface area contributed by atoms with Crippen molar-refractivity contribution < 1.29 is 51.6 Å². The van der Waals surface area contributed by atoms with Crippen molar-refractivity contribution in [2.45, 2.75) is 142 Å². The molecule has 1 rings (SSSR count). The largest absolute Gasteiger partial charge is 0.472 e.